The molecule has 0 unspecified atom stereocenters. The van der Waals surface area contributed by atoms with E-state index >= 15 is 0 Å². The SMILES string of the molecule is Cc1cc(C[n+]2cccc(/C=N/O)c2)on1.[Br-]. The van der Waals surface area contributed by atoms with Crippen molar-refractivity contribution in [1.29, 1.82) is 0 Å². The fourth-order valence-corrected chi connectivity index (χ4v) is 1.45. The minimum atomic E-state index is 0. The first-order valence-electron chi connectivity index (χ1n) is 4.86. The third-order valence-electron chi connectivity index (χ3n) is 2.10. The lowest BCUT2D eigenvalue weighted by Crippen LogP contribution is -3.00. The first-order chi connectivity index (χ1) is 7.78. The highest BCUT2D eigenvalue weighted by Gasteiger charge is 2.07. The maximum atomic E-state index is 8.44. The highest BCUT2D eigenvalue weighted by atomic mass is 79.9. The van der Waals surface area contributed by atoms with Crippen LogP contribution in [0.3, 0.4) is 0 Å². The number of hydrogen-bond acceptors (Lipinski definition) is 4. The first-order valence-corrected chi connectivity index (χ1v) is 4.86. The molecule has 0 atom stereocenters. The second kappa shape index (κ2) is 6.15. The smallest absolute Gasteiger partial charge is 0.208 e. The topological polar surface area (TPSA) is 62.5 Å². The van der Waals surface area contributed by atoms with E-state index in [0.717, 1.165) is 17.0 Å². The lowest BCUT2D eigenvalue weighted by molar-refractivity contribution is -0.690. The third-order valence-corrected chi connectivity index (χ3v) is 2.10. The molecule has 2 aromatic heterocycles. The summed E-state index contributed by atoms with van der Waals surface area (Å²) in [6, 6.07) is 5.61. The second-order valence-corrected chi connectivity index (χ2v) is 3.49. The normalized spacial score (nSPS) is 10.4. The molecule has 17 heavy (non-hydrogen) atoms. The highest BCUT2D eigenvalue weighted by molar-refractivity contribution is 5.77. The van der Waals surface area contributed by atoms with Gasteiger partial charge < -0.3 is 26.7 Å². The molecule has 0 aliphatic carbocycles. The van der Waals surface area contributed by atoms with E-state index in [1.54, 1.807) is 0 Å². The average molecular weight is 298 g/mol. The molecule has 6 heteroatoms. The number of aromatic nitrogens is 2. The minimum absolute atomic E-state index is 0. The molecule has 0 bridgehead atoms. The summed E-state index contributed by atoms with van der Waals surface area (Å²) in [7, 11) is 0. The summed E-state index contributed by atoms with van der Waals surface area (Å²) in [4.78, 5) is 0. The summed E-state index contributed by atoms with van der Waals surface area (Å²) in [6.07, 6.45) is 5.15. The number of nitrogens with zero attached hydrogens (tertiary/aromatic N) is 3. The maximum absolute atomic E-state index is 8.44. The Bertz CT molecular complexity index is 511. The van der Waals surface area contributed by atoms with Crippen LogP contribution in [0.25, 0.3) is 0 Å². The first kappa shape index (κ1) is 13.4. The number of hydrogen-bond donors (Lipinski definition) is 1. The standard InChI is InChI=1S/C11H11N3O2.BrH/c1-9-5-11(16-13-9)8-14-4-2-3-10(7-14)6-12-15;/h2-7H,8H2,1H3;1H/b12-6+;. The van der Waals surface area contributed by atoms with Crippen LogP contribution in [0.15, 0.2) is 40.3 Å². The molecular weight excluding hydrogens is 286 g/mol. The Morgan fingerprint density at radius 3 is 3.06 bits per heavy atom. The molecule has 90 valence electrons. The Labute approximate surface area is 109 Å². The molecule has 0 aromatic carbocycles. The molecule has 0 saturated heterocycles. The molecule has 0 radical (unpaired) electrons. The van der Waals surface area contributed by atoms with Crippen LogP contribution in [0.5, 0.6) is 0 Å². The number of halogens is 1. The third kappa shape index (κ3) is 3.67. The van der Waals surface area contributed by atoms with E-state index in [0.29, 0.717) is 6.54 Å². The molecule has 0 amide bonds. The zero-order valence-corrected chi connectivity index (χ0v) is 10.8. The van der Waals surface area contributed by atoms with Crippen molar-refractivity contribution in [1.82, 2.24) is 5.16 Å². The Hall–Kier alpha value is -1.69. The van der Waals surface area contributed by atoms with Crippen molar-refractivity contribution in [2.24, 2.45) is 5.16 Å². The molecule has 0 fully saturated rings. The molecule has 0 spiro atoms. The summed E-state index contributed by atoms with van der Waals surface area (Å²) < 4.78 is 7.04. The molecule has 2 rings (SSSR count). The zero-order valence-electron chi connectivity index (χ0n) is 9.25. The van der Waals surface area contributed by atoms with Crippen LogP contribution >= 0.6 is 0 Å². The van der Waals surface area contributed by atoms with Crippen molar-refractivity contribution < 1.29 is 31.3 Å². The Morgan fingerprint density at radius 2 is 2.41 bits per heavy atom. The summed E-state index contributed by atoms with van der Waals surface area (Å²) in [5.41, 5.74) is 1.69. The molecule has 2 heterocycles. The average Bonchev–Trinajstić information content (AvgIpc) is 2.65. The van der Waals surface area contributed by atoms with Crippen LogP contribution < -0.4 is 21.5 Å². The molecule has 2 aromatic rings. The van der Waals surface area contributed by atoms with Gasteiger partial charge in [-0.3, -0.25) is 0 Å². The molecule has 0 aliphatic heterocycles. The molecule has 5 nitrogen and oxygen atoms in total. The van der Waals surface area contributed by atoms with E-state index in [4.69, 9.17) is 9.73 Å². The van der Waals surface area contributed by atoms with Gasteiger partial charge in [0.2, 0.25) is 12.3 Å². The molecule has 0 saturated carbocycles. The van der Waals surface area contributed by atoms with Gasteiger partial charge in [-0.2, -0.15) is 4.57 Å². The number of rotatable bonds is 3. The van der Waals surface area contributed by atoms with Gasteiger partial charge >= 0.3 is 0 Å². The largest absolute Gasteiger partial charge is 1.00 e. The van der Waals surface area contributed by atoms with E-state index in [1.165, 1.54) is 6.21 Å². The van der Waals surface area contributed by atoms with Crippen LogP contribution in [0.2, 0.25) is 0 Å². The Morgan fingerprint density at radius 1 is 1.59 bits per heavy atom. The van der Waals surface area contributed by atoms with Gasteiger partial charge in [-0.1, -0.05) is 10.3 Å². The predicted octanol–water partition coefficient (Wildman–Crippen LogP) is -1.87. The number of oxime groups is 1. The van der Waals surface area contributed by atoms with Gasteiger partial charge in [0.25, 0.3) is 0 Å². The van der Waals surface area contributed by atoms with Crippen LogP contribution in [0.1, 0.15) is 17.0 Å². The van der Waals surface area contributed by atoms with Crippen molar-refractivity contribution in [3.63, 3.8) is 0 Å². The lowest BCUT2D eigenvalue weighted by atomic mass is 10.3. The number of pyridine rings is 1. The van der Waals surface area contributed by atoms with Gasteiger partial charge in [0.05, 0.1) is 17.5 Å². The van der Waals surface area contributed by atoms with Gasteiger partial charge in [0, 0.05) is 12.1 Å². The maximum Gasteiger partial charge on any atom is 0.208 e. The van der Waals surface area contributed by atoms with Gasteiger partial charge in [0.1, 0.15) is 0 Å². The van der Waals surface area contributed by atoms with E-state index in [-0.39, 0.29) is 17.0 Å². The van der Waals surface area contributed by atoms with E-state index in [1.807, 2.05) is 42.1 Å². The minimum Gasteiger partial charge on any atom is -1.00 e. The van der Waals surface area contributed by atoms with Gasteiger partial charge in [-0.25, -0.2) is 0 Å². The zero-order chi connectivity index (χ0) is 11.4. The predicted molar refractivity (Wildman–Crippen MR) is 56.4 cm³/mol. The quantitative estimate of drug-likeness (QED) is 0.313. The van der Waals surface area contributed by atoms with Gasteiger partial charge in [-0.15, -0.1) is 0 Å². The monoisotopic (exact) mass is 297 g/mol. The van der Waals surface area contributed by atoms with Crippen molar-refractivity contribution >= 4 is 6.21 Å². The molecular formula is C11H12BrN3O2. The van der Waals surface area contributed by atoms with Crippen LogP contribution in [-0.2, 0) is 6.54 Å². The lowest BCUT2D eigenvalue weighted by Gasteiger charge is -1.93. The Kier molecular flexibility index (Phi) is 4.84. The summed E-state index contributed by atoms with van der Waals surface area (Å²) >= 11 is 0. The molecule has 1 N–H and O–H groups in total. The van der Waals surface area contributed by atoms with Crippen molar-refractivity contribution in [2.45, 2.75) is 13.5 Å². The fourth-order valence-electron chi connectivity index (χ4n) is 1.45. The Balaban J connectivity index is 0.00000144. The fraction of sp³-hybridized carbons (Fsp3) is 0.182. The van der Waals surface area contributed by atoms with Gasteiger partial charge in [0.15, 0.2) is 12.4 Å². The van der Waals surface area contributed by atoms with Crippen LogP contribution in [-0.4, -0.2) is 16.6 Å². The summed E-state index contributed by atoms with van der Waals surface area (Å²) in [5, 5.41) is 15.2. The number of aryl methyl sites for hydroxylation is 1. The van der Waals surface area contributed by atoms with E-state index in [2.05, 4.69) is 10.3 Å². The molecule has 0 aliphatic rings. The van der Waals surface area contributed by atoms with Crippen LogP contribution in [0, 0.1) is 6.92 Å². The highest BCUT2D eigenvalue weighted by Crippen LogP contribution is 2.01. The second-order valence-electron chi connectivity index (χ2n) is 3.49. The van der Waals surface area contributed by atoms with Crippen molar-refractivity contribution in [3.8, 4) is 0 Å². The van der Waals surface area contributed by atoms with E-state index < -0.39 is 0 Å². The van der Waals surface area contributed by atoms with Crippen molar-refractivity contribution in [3.05, 3.63) is 47.6 Å². The summed E-state index contributed by atoms with van der Waals surface area (Å²) in [5.74, 6) is 0.792. The van der Waals surface area contributed by atoms with Crippen molar-refractivity contribution in [2.75, 3.05) is 0 Å². The van der Waals surface area contributed by atoms with Gasteiger partial charge in [-0.05, 0) is 13.0 Å². The summed E-state index contributed by atoms with van der Waals surface area (Å²) in [6.45, 7) is 2.49. The van der Waals surface area contributed by atoms with E-state index in [9.17, 15) is 0 Å². The van der Waals surface area contributed by atoms with Crippen LogP contribution in [0.4, 0.5) is 0 Å².